The summed E-state index contributed by atoms with van der Waals surface area (Å²) in [6, 6.07) is 0. The van der Waals surface area contributed by atoms with E-state index in [2.05, 4.69) is 0 Å². The van der Waals surface area contributed by atoms with Crippen LogP contribution in [-0.4, -0.2) is 23.9 Å². The molecule has 16 heavy (non-hydrogen) atoms. The number of ketones is 2. The number of rotatable bonds is 2. The minimum atomic E-state index is -2.27. The van der Waals surface area contributed by atoms with Crippen molar-refractivity contribution < 1.29 is 17.8 Å². The minimum absolute atomic E-state index is 0.152. The topological polar surface area (TPSA) is 34.1 Å². The highest BCUT2D eigenvalue weighted by Gasteiger charge is 2.30. The Labute approximate surface area is 119 Å². The Kier molecular flexibility index (Phi) is 2.15. The zero-order chi connectivity index (χ0) is 16.7. The lowest BCUT2D eigenvalue weighted by molar-refractivity contribution is -0.112. The Morgan fingerprint density at radius 1 is 1.00 bits per heavy atom. The maximum Gasteiger partial charge on any atom is 0.195 e. The average Bonchev–Trinajstić information content (AvgIpc) is 2.77. The van der Waals surface area contributed by atoms with E-state index in [1.165, 1.54) is 12.2 Å². The Bertz CT molecular complexity index is 574. The lowest BCUT2D eigenvalue weighted by Gasteiger charge is -2.01. The molecular formula is C10H8O2S4. The van der Waals surface area contributed by atoms with E-state index in [0.29, 0.717) is 32.0 Å². The molecule has 2 aliphatic rings. The van der Waals surface area contributed by atoms with E-state index in [1.54, 1.807) is 0 Å². The van der Waals surface area contributed by atoms with Crippen molar-refractivity contribution in [3.8, 4) is 0 Å². The van der Waals surface area contributed by atoms with Gasteiger partial charge >= 0.3 is 0 Å². The van der Waals surface area contributed by atoms with Gasteiger partial charge in [0, 0.05) is 28.9 Å². The zero-order valence-corrected chi connectivity index (χ0v) is 10.9. The number of allylic oxidation sites excluding steroid dienone is 4. The van der Waals surface area contributed by atoms with Gasteiger partial charge in [0.15, 0.2) is 11.6 Å². The van der Waals surface area contributed by atoms with Gasteiger partial charge in [0.05, 0.1) is 9.81 Å². The quantitative estimate of drug-likeness (QED) is 0.727. The number of carbonyl (C=O) groups is 2. The van der Waals surface area contributed by atoms with Crippen molar-refractivity contribution in [2.75, 3.05) is 12.4 Å². The summed E-state index contributed by atoms with van der Waals surface area (Å²) < 4.78 is 43.7. The lowest BCUT2D eigenvalue weighted by Crippen LogP contribution is -1.98. The molecule has 0 fully saturated rings. The summed E-state index contributed by atoms with van der Waals surface area (Å²) in [7, 11) is 0. The van der Waals surface area contributed by atoms with Crippen LogP contribution in [0.25, 0.3) is 0 Å². The summed E-state index contributed by atoms with van der Waals surface area (Å²) in [5.41, 5.74) is 0. The first-order chi connectivity index (χ1) is 9.94. The van der Waals surface area contributed by atoms with Crippen molar-refractivity contribution >= 4 is 58.6 Å². The SMILES string of the molecule is [2H]C([2H])([2H])SC1=CC(=O)/C(=C2\SC(SC([2H])([2H])[2H])=CC2=O)S1. The van der Waals surface area contributed by atoms with Crippen molar-refractivity contribution in [1.29, 1.82) is 0 Å². The predicted octanol–water partition coefficient (Wildman–Crippen LogP) is 3.24. The summed E-state index contributed by atoms with van der Waals surface area (Å²) in [5.74, 6) is -0.859. The van der Waals surface area contributed by atoms with Crippen LogP contribution < -0.4 is 0 Å². The highest BCUT2D eigenvalue weighted by atomic mass is 32.2. The fourth-order valence-corrected chi connectivity index (χ4v) is 3.98. The first kappa shape index (κ1) is 6.78. The molecule has 0 saturated heterocycles. The van der Waals surface area contributed by atoms with Crippen LogP contribution in [0.5, 0.6) is 0 Å². The Morgan fingerprint density at radius 3 is 1.81 bits per heavy atom. The summed E-state index contributed by atoms with van der Waals surface area (Å²) in [6.45, 7) is 0. The molecule has 0 amide bonds. The number of carbonyl (C=O) groups excluding carboxylic acids is 2. The van der Waals surface area contributed by atoms with Crippen LogP contribution in [0, 0.1) is 0 Å². The van der Waals surface area contributed by atoms with Gasteiger partial charge in [-0.3, -0.25) is 9.59 Å². The molecule has 2 nitrogen and oxygen atoms in total. The third-order valence-electron chi connectivity index (χ3n) is 1.76. The van der Waals surface area contributed by atoms with Crippen molar-refractivity contribution in [2.45, 2.75) is 0 Å². The molecule has 0 N–H and O–H groups in total. The van der Waals surface area contributed by atoms with Gasteiger partial charge in [-0.25, -0.2) is 0 Å². The van der Waals surface area contributed by atoms with Gasteiger partial charge in [-0.05, 0) is 12.4 Å². The second-order valence-electron chi connectivity index (χ2n) is 2.72. The molecule has 0 aromatic carbocycles. The standard InChI is InChI=1S/C10H8O2S4/c1-13-7-3-5(11)9(15-7)10-6(12)4-8(14-2)16-10/h3-4H,1-2H3/b10-9+/i1D3,2D3. The van der Waals surface area contributed by atoms with E-state index in [9.17, 15) is 9.59 Å². The molecule has 2 rings (SSSR count). The van der Waals surface area contributed by atoms with Gasteiger partial charge in [-0.1, -0.05) is 23.5 Å². The fourth-order valence-electron chi connectivity index (χ4n) is 1.12. The van der Waals surface area contributed by atoms with E-state index >= 15 is 0 Å². The second-order valence-corrected chi connectivity index (χ2v) is 6.63. The fraction of sp³-hybridized carbons (Fsp3) is 0.200. The first-order valence-corrected chi connectivity index (χ1v) is 7.21. The molecule has 0 unspecified atom stereocenters. The average molecular weight is 294 g/mol. The molecule has 2 aliphatic heterocycles. The van der Waals surface area contributed by atoms with Gasteiger partial charge in [0.1, 0.15) is 0 Å². The van der Waals surface area contributed by atoms with E-state index in [4.69, 9.17) is 8.22 Å². The largest absolute Gasteiger partial charge is 0.289 e. The smallest absolute Gasteiger partial charge is 0.195 e. The summed E-state index contributed by atoms with van der Waals surface area (Å²) in [4.78, 5) is 24.2. The van der Waals surface area contributed by atoms with Crippen molar-refractivity contribution in [3.05, 3.63) is 30.4 Å². The molecule has 0 bridgehead atoms. The van der Waals surface area contributed by atoms with Crippen molar-refractivity contribution in [3.63, 3.8) is 0 Å². The monoisotopic (exact) mass is 294 g/mol. The third-order valence-corrected chi connectivity index (χ3v) is 5.38. The predicted molar refractivity (Wildman–Crippen MR) is 75.4 cm³/mol. The molecule has 2 heterocycles. The Balaban J connectivity index is 2.15. The third kappa shape index (κ3) is 2.30. The maximum atomic E-state index is 11.9. The van der Waals surface area contributed by atoms with Crippen LogP contribution in [0.1, 0.15) is 8.22 Å². The highest BCUT2D eigenvalue weighted by molar-refractivity contribution is 8.27. The van der Waals surface area contributed by atoms with Crippen LogP contribution in [0.2, 0.25) is 0 Å². The Morgan fingerprint density at radius 2 is 1.44 bits per heavy atom. The number of hydrogen-bond donors (Lipinski definition) is 0. The van der Waals surface area contributed by atoms with E-state index in [0.717, 1.165) is 23.5 Å². The van der Waals surface area contributed by atoms with Crippen LogP contribution >= 0.6 is 47.0 Å². The van der Waals surface area contributed by atoms with Crippen molar-refractivity contribution in [2.24, 2.45) is 0 Å². The zero-order valence-electron chi connectivity index (χ0n) is 13.6. The molecule has 6 heteroatoms. The van der Waals surface area contributed by atoms with Crippen LogP contribution in [-0.2, 0) is 9.59 Å². The number of thioether (sulfide) groups is 4. The normalized spacial score (nSPS) is 32.2. The summed E-state index contributed by atoms with van der Waals surface area (Å²) in [5, 5.41) is 0. The minimum Gasteiger partial charge on any atom is -0.289 e. The molecule has 0 aromatic heterocycles. The van der Waals surface area contributed by atoms with Crippen LogP contribution in [0.4, 0.5) is 0 Å². The van der Waals surface area contributed by atoms with E-state index < -0.39 is 23.9 Å². The highest BCUT2D eigenvalue weighted by Crippen LogP contribution is 2.48. The van der Waals surface area contributed by atoms with Crippen LogP contribution in [0.3, 0.4) is 0 Å². The summed E-state index contributed by atoms with van der Waals surface area (Å²) in [6.07, 6.45) is -2.17. The van der Waals surface area contributed by atoms with Crippen molar-refractivity contribution in [1.82, 2.24) is 0 Å². The van der Waals surface area contributed by atoms with E-state index in [-0.39, 0.29) is 9.81 Å². The second kappa shape index (κ2) is 5.08. The van der Waals surface area contributed by atoms with Gasteiger partial charge in [-0.2, -0.15) is 0 Å². The summed E-state index contributed by atoms with van der Waals surface area (Å²) >= 11 is 3.03. The molecule has 0 saturated carbocycles. The van der Waals surface area contributed by atoms with Gasteiger partial charge in [0.25, 0.3) is 0 Å². The molecule has 0 aromatic rings. The maximum absolute atomic E-state index is 11.9. The molecule has 84 valence electrons. The molecule has 0 spiro atoms. The molecule has 0 atom stereocenters. The lowest BCUT2D eigenvalue weighted by atomic mass is 10.3. The van der Waals surface area contributed by atoms with Crippen LogP contribution in [0.15, 0.2) is 30.4 Å². The van der Waals surface area contributed by atoms with E-state index in [1.807, 2.05) is 0 Å². The van der Waals surface area contributed by atoms with Gasteiger partial charge < -0.3 is 0 Å². The van der Waals surface area contributed by atoms with Gasteiger partial charge in [-0.15, -0.1) is 23.5 Å². The Hall–Kier alpha value is -0.0400. The molecule has 0 aliphatic carbocycles. The molecular weight excluding hydrogens is 280 g/mol. The number of hydrogen-bond acceptors (Lipinski definition) is 6. The molecule has 0 radical (unpaired) electrons. The first-order valence-electron chi connectivity index (χ1n) is 6.95. The van der Waals surface area contributed by atoms with Gasteiger partial charge in [0.2, 0.25) is 0 Å².